The number of aromatic nitrogens is 2. The smallest absolute Gasteiger partial charge is 0.243 e. The van der Waals surface area contributed by atoms with E-state index in [1.807, 2.05) is 24.3 Å². The maximum absolute atomic E-state index is 13.0. The number of aryl methyl sites for hydroxylation is 1. The van der Waals surface area contributed by atoms with Crippen LogP contribution < -0.4 is 0 Å². The van der Waals surface area contributed by atoms with Gasteiger partial charge < -0.3 is 9.30 Å². The minimum absolute atomic E-state index is 0.287. The molecule has 29 heavy (non-hydrogen) atoms. The first-order chi connectivity index (χ1) is 14.0. The summed E-state index contributed by atoms with van der Waals surface area (Å²) in [5.74, 6) is 0.781. The van der Waals surface area contributed by atoms with Crippen LogP contribution in [0.1, 0.15) is 12.5 Å². The van der Waals surface area contributed by atoms with Crippen LogP contribution in [0.4, 0.5) is 0 Å². The van der Waals surface area contributed by atoms with Crippen molar-refractivity contribution in [3.05, 3.63) is 52.5 Å². The van der Waals surface area contributed by atoms with Gasteiger partial charge in [-0.25, -0.2) is 13.4 Å². The second kappa shape index (κ2) is 8.77. The molecule has 2 aromatic carbocycles. The number of benzene rings is 2. The quantitative estimate of drug-likeness (QED) is 0.481. The summed E-state index contributed by atoms with van der Waals surface area (Å²) in [6, 6.07) is 13.4. The summed E-state index contributed by atoms with van der Waals surface area (Å²) in [5, 5.41) is 0.888. The zero-order valence-electron chi connectivity index (χ0n) is 16.0. The van der Waals surface area contributed by atoms with Gasteiger partial charge in [-0.2, -0.15) is 4.31 Å². The van der Waals surface area contributed by atoms with Crippen LogP contribution in [0, 0.1) is 0 Å². The Hall–Kier alpha value is -1.39. The van der Waals surface area contributed by atoms with Crippen molar-refractivity contribution in [2.45, 2.75) is 29.3 Å². The number of morpholine rings is 1. The average molecular weight is 496 g/mol. The van der Waals surface area contributed by atoms with Crippen molar-refractivity contribution in [2.24, 2.45) is 0 Å². The van der Waals surface area contributed by atoms with E-state index in [1.54, 1.807) is 23.9 Å². The van der Waals surface area contributed by atoms with Crippen LogP contribution in [0.3, 0.4) is 0 Å². The summed E-state index contributed by atoms with van der Waals surface area (Å²) in [6.07, 6.45) is 0. The van der Waals surface area contributed by atoms with E-state index in [9.17, 15) is 8.42 Å². The van der Waals surface area contributed by atoms with Gasteiger partial charge in [0.1, 0.15) is 0 Å². The van der Waals surface area contributed by atoms with E-state index >= 15 is 0 Å². The number of hydrogen-bond acceptors (Lipinski definition) is 5. The molecule has 1 aliphatic rings. The molecule has 0 unspecified atom stereocenters. The highest BCUT2D eigenvalue weighted by Gasteiger charge is 2.27. The van der Waals surface area contributed by atoms with Crippen LogP contribution in [-0.2, 0) is 27.1 Å². The number of ether oxygens (including phenoxy) is 1. The fourth-order valence-electron chi connectivity index (χ4n) is 3.36. The first-order valence-electron chi connectivity index (χ1n) is 9.45. The SMILES string of the molecule is CCn1c(SCc2ccccc2Br)nc2cc(S(=O)(=O)N3CCOCC3)ccc21. The van der Waals surface area contributed by atoms with Gasteiger partial charge in [-0.05, 0) is 36.8 Å². The molecule has 0 atom stereocenters. The molecule has 0 amide bonds. The molecule has 1 saturated heterocycles. The van der Waals surface area contributed by atoms with Crippen LogP contribution >= 0.6 is 27.7 Å². The number of hydrogen-bond donors (Lipinski definition) is 0. The van der Waals surface area contributed by atoms with E-state index in [0.29, 0.717) is 31.8 Å². The topological polar surface area (TPSA) is 64.4 Å². The van der Waals surface area contributed by atoms with E-state index in [2.05, 4.69) is 33.5 Å². The van der Waals surface area contributed by atoms with Gasteiger partial charge in [0.15, 0.2) is 5.16 Å². The predicted octanol–water partition coefficient (Wildman–Crippen LogP) is 4.13. The molecule has 9 heteroatoms. The van der Waals surface area contributed by atoms with Crippen LogP contribution in [0.15, 0.2) is 57.0 Å². The fourth-order valence-corrected chi connectivity index (χ4v) is 6.48. The minimum atomic E-state index is -3.53. The fraction of sp³-hybridized carbons (Fsp3) is 0.350. The van der Waals surface area contributed by atoms with Crippen molar-refractivity contribution in [1.82, 2.24) is 13.9 Å². The highest BCUT2D eigenvalue weighted by molar-refractivity contribution is 9.10. The second-order valence-corrected chi connectivity index (χ2v) is 10.4. The Morgan fingerprint density at radius 2 is 1.93 bits per heavy atom. The van der Waals surface area contributed by atoms with Crippen molar-refractivity contribution >= 4 is 48.7 Å². The normalized spacial score (nSPS) is 15.8. The van der Waals surface area contributed by atoms with Crippen LogP contribution in [0.2, 0.25) is 0 Å². The first kappa shape index (κ1) is 20.9. The molecule has 4 rings (SSSR count). The molecule has 0 aliphatic carbocycles. The molecule has 0 saturated carbocycles. The monoisotopic (exact) mass is 495 g/mol. The van der Waals surface area contributed by atoms with Gasteiger partial charge >= 0.3 is 0 Å². The molecular formula is C20H22BrN3O3S2. The second-order valence-electron chi connectivity index (χ2n) is 6.69. The number of halogens is 1. The van der Waals surface area contributed by atoms with Crippen LogP contribution in [0.25, 0.3) is 11.0 Å². The van der Waals surface area contributed by atoms with Crippen molar-refractivity contribution in [2.75, 3.05) is 26.3 Å². The molecule has 1 fully saturated rings. The largest absolute Gasteiger partial charge is 0.379 e. The number of fused-ring (bicyclic) bond motifs is 1. The predicted molar refractivity (Wildman–Crippen MR) is 119 cm³/mol. The Kier molecular flexibility index (Phi) is 6.31. The molecule has 6 nitrogen and oxygen atoms in total. The molecule has 0 radical (unpaired) electrons. The average Bonchev–Trinajstić information content (AvgIpc) is 3.10. The summed E-state index contributed by atoms with van der Waals surface area (Å²) >= 11 is 5.24. The van der Waals surface area contributed by atoms with E-state index in [-0.39, 0.29) is 4.90 Å². The molecule has 3 aromatic rings. The standard InChI is InChI=1S/C20H22BrN3O3S2/c1-2-24-19-8-7-16(29(25,26)23-9-11-27-12-10-23)13-18(19)22-20(24)28-14-15-5-3-4-6-17(15)21/h3-8,13H,2,9-12,14H2,1H3. The molecular weight excluding hydrogens is 474 g/mol. The maximum Gasteiger partial charge on any atom is 0.243 e. The number of imidazole rings is 1. The van der Waals surface area contributed by atoms with Crippen LogP contribution in [0.5, 0.6) is 0 Å². The Morgan fingerprint density at radius 1 is 1.17 bits per heavy atom. The molecule has 0 bridgehead atoms. The summed E-state index contributed by atoms with van der Waals surface area (Å²) in [4.78, 5) is 5.04. The van der Waals surface area contributed by atoms with E-state index in [1.165, 1.54) is 9.87 Å². The molecule has 0 spiro atoms. The van der Waals surface area contributed by atoms with Gasteiger partial charge in [0, 0.05) is 29.9 Å². The summed E-state index contributed by atoms with van der Waals surface area (Å²) in [5.41, 5.74) is 2.85. The Bertz CT molecular complexity index is 1130. The Labute approximate surface area is 183 Å². The third-order valence-corrected chi connectivity index (χ3v) is 8.62. The molecule has 1 aliphatic heterocycles. The highest BCUT2D eigenvalue weighted by atomic mass is 79.9. The van der Waals surface area contributed by atoms with E-state index in [0.717, 1.165) is 27.4 Å². The maximum atomic E-state index is 13.0. The van der Waals surface area contributed by atoms with Gasteiger partial charge in [0.2, 0.25) is 10.0 Å². The molecule has 1 aromatic heterocycles. The summed E-state index contributed by atoms with van der Waals surface area (Å²) in [6.45, 7) is 4.48. The Morgan fingerprint density at radius 3 is 2.66 bits per heavy atom. The van der Waals surface area contributed by atoms with Crippen molar-refractivity contribution in [1.29, 1.82) is 0 Å². The summed E-state index contributed by atoms with van der Waals surface area (Å²) in [7, 11) is -3.53. The van der Waals surface area contributed by atoms with Crippen molar-refractivity contribution in [3.63, 3.8) is 0 Å². The first-order valence-corrected chi connectivity index (χ1v) is 12.7. The Balaban J connectivity index is 1.64. The lowest BCUT2D eigenvalue weighted by molar-refractivity contribution is 0.0730. The minimum Gasteiger partial charge on any atom is -0.379 e. The number of sulfonamides is 1. The molecule has 154 valence electrons. The number of rotatable bonds is 6. The van der Waals surface area contributed by atoms with Gasteiger partial charge in [0.05, 0.1) is 29.1 Å². The molecule has 0 N–H and O–H groups in total. The molecule has 2 heterocycles. The van der Waals surface area contributed by atoms with Gasteiger partial charge in [-0.3, -0.25) is 0 Å². The third-order valence-electron chi connectivity index (χ3n) is 4.92. The van der Waals surface area contributed by atoms with E-state index in [4.69, 9.17) is 9.72 Å². The zero-order chi connectivity index (χ0) is 20.4. The lowest BCUT2D eigenvalue weighted by Gasteiger charge is -2.26. The number of nitrogens with zero attached hydrogens (tertiary/aromatic N) is 3. The van der Waals surface area contributed by atoms with Crippen molar-refractivity contribution < 1.29 is 13.2 Å². The number of thioether (sulfide) groups is 1. The summed E-state index contributed by atoms with van der Waals surface area (Å²) < 4.78 is 35.9. The van der Waals surface area contributed by atoms with Crippen LogP contribution in [-0.4, -0.2) is 48.6 Å². The van der Waals surface area contributed by atoms with E-state index < -0.39 is 10.0 Å². The van der Waals surface area contributed by atoms with Gasteiger partial charge in [0.25, 0.3) is 0 Å². The zero-order valence-corrected chi connectivity index (χ0v) is 19.3. The highest BCUT2D eigenvalue weighted by Crippen LogP contribution is 2.30. The van der Waals surface area contributed by atoms with Crippen molar-refractivity contribution in [3.8, 4) is 0 Å². The lowest BCUT2D eigenvalue weighted by atomic mass is 10.2. The van der Waals surface area contributed by atoms with Gasteiger partial charge in [-0.15, -0.1) is 0 Å². The van der Waals surface area contributed by atoms with Gasteiger partial charge in [-0.1, -0.05) is 45.9 Å². The third kappa shape index (κ3) is 4.25. The lowest BCUT2D eigenvalue weighted by Crippen LogP contribution is -2.40.